The number of nitrogens with one attached hydrogen (secondary N) is 2. The number of hydrogen-bond donors (Lipinski definition) is 2. The number of hydrogen-bond acceptors (Lipinski definition) is 7. The van der Waals surface area contributed by atoms with Crippen molar-refractivity contribution in [1.82, 2.24) is 15.6 Å². The van der Waals surface area contributed by atoms with Gasteiger partial charge in [-0.15, -0.1) is 11.3 Å². The highest BCUT2D eigenvalue weighted by molar-refractivity contribution is 7.12. The van der Waals surface area contributed by atoms with Gasteiger partial charge in [-0.1, -0.05) is 6.07 Å². The summed E-state index contributed by atoms with van der Waals surface area (Å²) < 4.78 is 11.0. The molecule has 144 valence electrons. The molecule has 0 fully saturated rings. The molecule has 3 rings (SSSR count). The summed E-state index contributed by atoms with van der Waals surface area (Å²) in [5.74, 6) is -0.148. The number of nitrogens with zero attached hydrogens (tertiary/aromatic N) is 2. The van der Waals surface area contributed by atoms with Gasteiger partial charge in [-0.2, -0.15) is 10.2 Å². The van der Waals surface area contributed by atoms with Crippen molar-refractivity contribution in [1.29, 1.82) is 0 Å². The Bertz CT molecular complexity index is 995. The van der Waals surface area contributed by atoms with Gasteiger partial charge in [-0.25, -0.2) is 10.2 Å². The van der Waals surface area contributed by atoms with Crippen molar-refractivity contribution in [2.24, 2.45) is 5.10 Å². The Morgan fingerprint density at radius 2 is 2.14 bits per heavy atom. The van der Waals surface area contributed by atoms with Crippen LogP contribution in [-0.2, 0) is 0 Å². The van der Waals surface area contributed by atoms with Gasteiger partial charge in [-0.05, 0) is 55.1 Å². The summed E-state index contributed by atoms with van der Waals surface area (Å²) in [4.78, 5) is 24.6. The summed E-state index contributed by atoms with van der Waals surface area (Å²) >= 11 is 1.30. The van der Waals surface area contributed by atoms with E-state index in [0.29, 0.717) is 28.5 Å². The Labute approximate surface area is 165 Å². The first kappa shape index (κ1) is 19.3. The maximum Gasteiger partial charge on any atom is 0.353 e. The second-order valence-corrected chi connectivity index (χ2v) is 6.59. The predicted molar refractivity (Wildman–Crippen MR) is 105 cm³/mol. The standard InChI is InChI=1S/C19H18N4O4S/c1-3-26-16-10-13(11-20-23-18(24)14-9-12(2)21-22-14)6-7-15(16)27-19(25)17-5-4-8-28-17/h4-11H,3H2,1-2H3,(H,21,22)(H,23,24)/b20-11+. The number of hydrazone groups is 1. The van der Waals surface area contributed by atoms with Gasteiger partial charge in [-0.3, -0.25) is 9.89 Å². The molecule has 2 heterocycles. The zero-order chi connectivity index (χ0) is 19.9. The average molecular weight is 398 g/mol. The van der Waals surface area contributed by atoms with E-state index in [9.17, 15) is 9.59 Å². The third-order valence-electron chi connectivity index (χ3n) is 3.51. The van der Waals surface area contributed by atoms with Gasteiger partial charge in [0.05, 0.1) is 12.8 Å². The Balaban J connectivity index is 1.69. The van der Waals surface area contributed by atoms with Gasteiger partial charge in [0.15, 0.2) is 17.2 Å². The number of thiophene rings is 1. The number of H-pyrrole nitrogens is 1. The molecule has 0 aliphatic rings. The lowest BCUT2D eigenvalue weighted by atomic mass is 10.2. The zero-order valence-electron chi connectivity index (χ0n) is 15.3. The summed E-state index contributed by atoms with van der Waals surface area (Å²) in [5, 5.41) is 12.3. The number of carbonyl (C=O) groups is 2. The molecule has 0 unspecified atom stereocenters. The van der Waals surface area contributed by atoms with E-state index < -0.39 is 11.9 Å². The summed E-state index contributed by atoms with van der Waals surface area (Å²) in [5.41, 5.74) is 4.10. The van der Waals surface area contributed by atoms with E-state index in [1.165, 1.54) is 17.6 Å². The lowest BCUT2D eigenvalue weighted by Crippen LogP contribution is -2.18. The molecule has 3 aromatic rings. The Morgan fingerprint density at radius 1 is 1.29 bits per heavy atom. The highest BCUT2D eigenvalue weighted by Crippen LogP contribution is 2.29. The van der Waals surface area contributed by atoms with Crippen LogP contribution in [0.1, 0.15) is 38.3 Å². The normalized spacial score (nSPS) is 10.8. The van der Waals surface area contributed by atoms with E-state index in [0.717, 1.165) is 5.69 Å². The molecule has 0 aliphatic heterocycles. The molecule has 0 bridgehead atoms. The fourth-order valence-corrected chi connectivity index (χ4v) is 2.86. The minimum absolute atomic E-state index is 0.250. The van der Waals surface area contributed by atoms with Crippen LogP contribution in [0.15, 0.2) is 46.9 Å². The lowest BCUT2D eigenvalue weighted by molar-refractivity contribution is 0.0733. The molecular weight excluding hydrogens is 380 g/mol. The van der Waals surface area contributed by atoms with E-state index in [-0.39, 0.29) is 5.69 Å². The monoisotopic (exact) mass is 398 g/mol. The molecule has 0 saturated heterocycles. The quantitative estimate of drug-likeness (QED) is 0.275. The van der Waals surface area contributed by atoms with E-state index in [1.807, 2.05) is 6.92 Å². The van der Waals surface area contributed by atoms with Gasteiger partial charge in [0.2, 0.25) is 0 Å². The van der Waals surface area contributed by atoms with Gasteiger partial charge in [0.25, 0.3) is 5.91 Å². The molecular formula is C19H18N4O4S. The Kier molecular flexibility index (Phi) is 6.18. The van der Waals surface area contributed by atoms with E-state index in [2.05, 4.69) is 20.7 Å². The minimum atomic E-state index is -0.445. The van der Waals surface area contributed by atoms with Crippen molar-refractivity contribution in [3.8, 4) is 11.5 Å². The molecule has 1 aromatic carbocycles. The lowest BCUT2D eigenvalue weighted by Gasteiger charge is -2.10. The highest BCUT2D eigenvalue weighted by Gasteiger charge is 2.14. The van der Waals surface area contributed by atoms with Crippen molar-refractivity contribution >= 4 is 29.4 Å². The van der Waals surface area contributed by atoms with Gasteiger partial charge < -0.3 is 9.47 Å². The molecule has 0 spiro atoms. The third kappa shape index (κ3) is 4.83. The second kappa shape index (κ2) is 8.96. The van der Waals surface area contributed by atoms with Crippen molar-refractivity contribution in [2.45, 2.75) is 13.8 Å². The van der Waals surface area contributed by atoms with E-state index in [1.54, 1.807) is 48.7 Å². The summed E-state index contributed by atoms with van der Waals surface area (Å²) in [6.45, 7) is 4.03. The SMILES string of the molecule is CCOc1cc(/C=N/NC(=O)c2cc(C)[nH]n2)ccc1OC(=O)c1cccs1. The summed E-state index contributed by atoms with van der Waals surface area (Å²) in [6, 6.07) is 10.1. The fourth-order valence-electron chi connectivity index (χ4n) is 2.26. The summed E-state index contributed by atoms with van der Waals surface area (Å²) in [6.07, 6.45) is 1.46. The number of esters is 1. The molecule has 0 aliphatic carbocycles. The van der Waals surface area contributed by atoms with Crippen LogP contribution in [0.2, 0.25) is 0 Å². The number of carbonyl (C=O) groups excluding carboxylic acids is 2. The van der Waals surface area contributed by atoms with Crippen LogP contribution in [0.5, 0.6) is 11.5 Å². The number of aryl methyl sites for hydroxylation is 1. The van der Waals surface area contributed by atoms with Crippen LogP contribution in [0, 0.1) is 6.92 Å². The number of ether oxygens (including phenoxy) is 2. The van der Waals surface area contributed by atoms with Crippen LogP contribution in [0.25, 0.3) is 0 Å². The topological polar surface area (TPSA) is 106 Å². The molecule has 9 heteroatoms. The van der Waals surface area contributed by atoms with Gasteiger partial charge in [0, 0.05) is 5.69 Å². The van der Waals surface area contributed by atoms with Crippen LogP contribution < -0.4 is 14.9 Å². The Morgan fingerprint density at radius 3 is 2.82 bits per heavy atom. The fraction of sp³-hybridized carbons (Fsp3) is 0.158. The van der Waals surface area contributed by atoms with E-state index in [4.69, 9.17) is 9.47 Å². The molecule has 0 saturated carbocycles. The molecule has 1 amide bonds. The average Bonchev–Trinajstić information content (AvgIpc) is 3.35. The van der Waals surface area contributed by atoms with Gasteiger partial charge in [0.1, 0.15) is 4.88 Å². The van der Waals surface area contributed by atoms with Crippen LogP contribution >= 0.6 is 11.3 Å². The van der Waals surface area contributed by atoms with Crippen molar-refractivity contribution in [2.75, 3.05) is 6.61 Å². The Hall–Kier alpha value is -3.46. The zero-order valence-corrected chi connectivity index (χ0v) is 16.1. The molecule has 0 atom stereocenters. The highest BCUT2D eigenvalue weighted by atomic mass is 32.1. The predicted octanol–water partition coefficient (Wildman–Crippen LogP) is 3.16. The first-order valence-corrected chi connectivity index (χ1v) is 9.32. The summed E-state index contributed by atoms with van der Waals surface area (Å²) in [7, 11) is 0. The van der Waals surface area contributed by atoms with Crippen molar-refractivity contribution in [3.63, 3.8) is 0 Å². The van der Waals surface area contributed by atoms with Crippen LogP contribution in [0.3, 0.4) is 0 Å². The van der Waals surface area contributed by atoms with E-state index >= 15 is 0 Å². The van der Waals surface area contributed by atoms with Crippen molar-refractivity contribution in [3.05, 3.63) is 63.6 Å². The second-order valence-electron chi connectivity index (χ2n) is 5.64. The number of benzene rings is 1. The molecule has 2 aromatic heterocycles. The molecule has 8 nitrogen and oxygen atoms in total. The van der Waals surface area contributed by atoms with Crippen molar-refractivity contribution < 1.29 is 19.1 Å². The van der Waals surface area contributed by atoms with Crippen LogP contribution in [-0.4, -0.2) is 34.9 Å². The smallest absolute Gasteiger partial charge is 0.353 e. The molecule has 2 N–H and O–H groups in total. The maximum absolute atomic E-state index is 12.2. The molecule has 0 radical (unpaired) electrons. The minimum Gasteiger partial charge on any atom is -0.490 e. The first-order valence-electron chi connectivity index (χ1n) is 8.44. The largest absolute Gasteiger partial charge is 0.490 e. The number of amides is 1. The maximum atomic E-state index is 12.2. The number of aromatic nitrogens is 2. The van der Waals surface area contributed by atoms with Gasteiger partial charge >= 0.3 is 5.97 Å². The third-order valence-corrected chi connectivity index (χ3v) is 4.36. The first-order chi connectivity index (χ1) is 13.6. The van der Waals surface area contributed by atoms with Crippen LogP contribution in [0.4, 0.5) is 0 Å². The number of aromatic amines is 1. The number of rotatable bonds is 7. The molecule has 28 heavy (non-hydrogen) atoms.